The zero-order valence-corrected chi connectivity index (χ0v) is 10.2. The second-order valence-corrected chi connectivity index (χ2v) is 4.22. The van der Waals surface area contributed by atoms with Gasteiger partial charge in [-0.05, 0) is 18.2 Å². The maximum Gasteiger partial charge on any atom is 0.240 e. The van der Waals surface area contributed by atoms with Gasteiger partial charge in [-0.2, -0.15) is 5.10 Å². The van der Waals surface area contributed by atoms with Gasteiger partial charge in [0.25, 0.3) is 0 Å². The van der Waals surface area contributed by atoms with Crippen molar-refractivity contribution in [2.24, 2.45) is 0 Å². The molecule has 2 N–H and O–H groups in total. The molecule has 0 fully saturated rings. The van der Waals surface area contributed by atoms with Crippen LogP contribution >= 0.6 is 0 Å². The first-order valence-electron chi connectivity index (χ1n) is 5.98. The highest BCUT2D eigenvalue weighted by atomic mass is 16.1. The van der Waals surface area contributed by atoms with Crippen LogP contribution in [0.3, 0.4) is 0 Å². The Balaban J connectivity index is 1.66. The summed E-state index contributed by atoms with van der Waals surface area (Å²) < 4.78 is 1.83. The van der Waals surface area contributed by atoms with Gasteiger partial charge >= 0.3 is 0 Å². The van der Waals surface area contributed by atoms with Crippen LogP contribution in [0.1, 0.15) is 5.69 Å². The fourth-order valence-electron chi connectivity index (χ4n) is 1.92. The summed E-state index contributed by atoms with van der Waals surface area (Å²) in [4.78, 5) is 16.1. The van der Waals surface area contributed by atoms with E-state index in [0.29, 0.717) is 6.54 Å². The molecule has 2 heterocycles. The number of amides is 1. The molecule has 0 unspecified atom stereocenters. The van der Waals surface area contributed by atoms with E-state index in [1.54, 1.807) is 12.5 Å². The third-order valence-corrected chi connectivity index (χ3v) is 2.88. The first kappa shape index (κ1) is 11.5. The number of carbonyl (C=O) groups excluding carboxylic acids is 1. The summed E-state index contributed by atoms with van der Waals surface area (Å²) in [7, 11) is 0. The molecule has 0 saturated heterocycles. The number of aromatic amines is 1. The lowest BCUT2D eigenvalue weighted by Crippen LogP contribution is -2.27. The SMILES string of the molecule is O=C(Cn1cnc2ccccc21)NCc1ccn[nH]1. The second-order valence-electron chi connectivity index (χ2n) is 4.22. The maximum atomic E-state index is 11.9. The van der Waals surface area contributed by atoms with Crippen molar-refractivity contribution in [1.82, 2.24) is 25.1 Å². The first-order valence-corrected chi connectivity index (χ1v) is 5.98. The number of nitrogens with one attached hydrogen (secondary N) is 2. The van der Waals surface area contributed by atoms with Crippen molar-refractivity contribution >= 4 is 16.9 Å². The Hall–Kier alpha value is -2.63. The van der Waals surface area contributed by atoms with Crippen LogP contribution < -0.4 is 5.32 Å². The molecule has 0 spiro atoms. The Bertz CT molecular complexity index is 686. The summed E-state index contributed by atoms with van der Waals surface area (Å²) in [6.07, 6.45) is 3.34. The molecule has 0 aliphatic carbocycles. The maximum absolute atomic E-state index is 11.9. The molecule has 2 aromatic heterocycles. The Morgan fingerprint density at radius 2 is 2.21 bits per heavy atom. The van der Waals surface area contributed by atoms with Gasteiger partial charge in [-0.15, -0.1) is 0 Å². The highest BCUT2D eigenvalue weighted by molar-refractivity contribution is 5.80. The monoisotopic (exact) mass is 255 g/mol. The van der Waals surface area contributed by atoms with Gasteiger partial charge in [0.2, 0.25) is 5.91 Å². The van der Waals surface area contributed by atoms with Crippen LogP contribution in [0, 0.1) is 0 Å². The van der Waals surface area contributed by atoms with Crippen molar-refractivity contribution in [2.75, 3.05) is 0 Å². The van der Waals surface area contributed by atoms with Gasteiger partial charge in [0.1, 0.15) is 6.54 Å². The summed E-state index contributed by atoms with van der Waals surface area (Å²) in [5.74, 6) is -0.0576. The molecule has 3 aromatic rings. The lowest BCUT2D eigenvalue weighted by Gasteiger charge is -2.05. The molecule has 0 saturated carbocycles. The number of imidazole rings is 1. The first-order chi connectivity index (χ1) is 9.33. The van der Waals surface area contributed by atoms with Gasteiger partial charge in [0.15, 0.2) is 0 Å². The van der Waals surface area contributed by atoms with Crippen LogP contribution in [0.4, 0.5) is 0 Å². The molecular weight excluding hydrogens is 242 g/mol. The molecule has 96 valence electrons. The van der Waals surface area contributed by atoms with Crippen LogP contribution in [0.5, 0.6) is 0 Å². The van der Waals surface area contributed by atoms with Crippen LogP contribution in [0.2, 0.25) is 0 Å². The van der Waals surface area contributed by atoms with E-state index in [4.69, 9.17) is 0 Å². The van der Waals surface area contributed by atoms with Gasteiger partial charge < -0.3 is 9.88 Å². The number of H-pyrrole nitrogens is 1. The molecule has 6 heteroatoms. The largest absolute Gasteiger partial charge is 0.349 e. The van der Waals surface area contributed by atoms with E-state index in [-0.39, 0.29) is 12.5 Å². The Kier molecular flexibility index (Phi) is 2.97. The average Bonchev–Trinajstić information content (AvgIpc) is 3.07. The number of para-hydroxylation sites is 2. The minimum absolute atomic E-state index is 0.0576. The van der Waals surface area contributed by atoms with Crippen molar-refractivity contribution in [3.63, 3.8) is 0 Å². The Labute approximate surface area is 109 Å². The molecule has 1 aromatic carbocycles. The van der Waals surface area contributed by atoms with Crippen LogP contribution in [-0.2, 0) is 17.9 Å². The molecule has 6 nitrogen and oxygen atoms in total. The zero-order valence-electron chi connectivity index (χ0n) is 10.2. The zero-order chi connectivity index (χ0) is 13.1. The Morgan fingerprint density at radius 1 is 1.32 bits per heavy atom. The van der Waals surface area contributed by atoms with Gasteiger partial charge in [-0.25, -0.2) is 4.98 Å². The van der Waals surface area contributed by atoms with Gasteiger partial charge in [0.05, 0.1) is 29.6 Å². The molecule has 0 aliphatic heterocycles. The predicted molar refractivity (Wildman–Crippen MR) is 70.2 cm³/mol. The minimum atomic E-state index is -0.0576. The standard InChI is InChI=1S/C13H13N5O/c19-13(14-7-10-5-6-16-17-10)8-18-9-15-11-3-1-2-4-12(11)18/h1-6,9H,7-8H2,(H,14,19)(H,16,17). The van der Waals surface area contributed by atoms with Crippen molar-refractivity contribution < 1.29 is 4.79 Å². The molecule has 1 amide bonds. The summed E-state index contributed by atoms with van der Waals surface area (Å²) >= 11 is 0. The number of hydrogen-bond acceptors (Lipinski definition) is 3. The number of fused-ring (bicyclic) bond motifs is 1. The smallest absolute Gasteiger partial charge is 0.240 e. The fraction of sp³-hybridized carbons (Fsp3) is 0.154. The number of rotatable bonds is 4. The van der Waals surface area contributed by atoms with Crippen molar-refractivity contribution in [3.05, 3.63) is 48.5 Å². The third-order valence-electron chi connectivity index (χ3n) is 2.88. The molecule has 0 bridgehead atoms. The van der Waals surface area contributed by atoms with Crippen molar-refractivity contribution in [2.45, 2.75) is 13.1 Å². The van der Waals surface area contributed by atoms with Gasteiger partial charge in [-0.3, -0.25) is 9.89 Å². The number of hydrogen-bond donors (Lipinski definition) is 2. The van der Waals surface area contributed by atoms with E-state index in [0.717, 1.165) is 16.7 Å². The fourth-order valence-corrected chi connectivity index (χ4v) is 1.92. The highest BCUT2D eigenvalue weighted by Gasteiger charge is 2.06. The van der Waals surface area contributed by atoms with Crippen molar-refractivity contribution in [3.8, 4) is 0 Å². The summed E-state index contributed by atoms with van der Waals surface area (Å²) in [5.41, 5.74) is 2.73. The molecule has 0 atom stereocenters. The lowest BCUT2D eigenvalue weighted by molar-refractivity contribution is -0.121. The molecule has 19 heavy (non-hydrogen) atoms. The molecule has 0 aliphatic rings. The summed E-state index contributed by atoms with van der Waals surface area (Å²) in [6, 6.07) is 9.56. The molecular formula is C13H13N5O. The van der Waals surface area contributed by atoms with Crippen LogP contribution in [0.15, 0.2) is 42.9 Å². The topological polar surface area (TPSA) is 75.6 Å². The van der Waals surface area contributed by atoms with E-state index in [1.807, 2.05) is 34.9 Å². The summed E-state index contributed by atoms with van der Waals surface area (Å²) in [5, 5.41) is 9.45. The van der Waals surface area contributed by atoms with E-state index in [1.165, 1.54) is 0 Å². The third kappa shape index (κ3) is 2.47. The normalized spacial score (nSPS) is 10.7. The lowest BCUT2D eigenvalue weighted by atomic mass is 10.3. The van der Waals surface area contributed by atoms with Crippen molar-refractivity contribution in [1.29, 1.82) is 0 Å². The number of nitrogens with zero attached hydrogens (tertiary/aromatic N) is 3. The molecule has 3 rings (SSSR count). The number of benzene rings is 1. The number of aromatic nitrogens is 4. The second kappa shape index (κ2) is 4.93. The van der Waals surface area contributed by atoms with E-state index >= 15 is 0 Å². The quantitative estimate of drug-likeness (QED) is 0.732. The Morgan fingerprint density at radius 3 is 3.05 bits per heavy atom. The minimum Gasteiger partial charge on any atom is -0.349 e. The van der Waals surface area contributed by atoms with Gasteiger partial charge in [0, 0.05) is 6.20 Å². The number of carbonyl (C=O) groups is 1. The molecule has 0 radical (unpaired) electrons. The van der Waals surface area contributed by atoms with E-state index in [9.17, 15) is 4.79 Å². The predicted octanol–water partition coefficient (Wildman–Crippen LogP) is 1.08. The average molecular weight is 255 g/mol. The van der Waals surface area contributed by atoms with E-state index in [2.05, 4.69) is 20.5 Å². The van der Waals surface area contributed by atoms with E-state index < -0.39 is 0 Å². The highest BCUT2D eigenvalue weighted by Crippen LogP contribution is 2.11. The van der Waals surface area contributed by atoms with Crippen LogP contribution in [0.25, 0.3) is 11.0 Å². The van der Waals surface area contributed by atoms with Gasteiger partial charge in [-0.1, -0.05) is 12.1 Å². The summed E-state index contributed by atoms with van der Waals surface area (Å²) in [6.45, 7) is 0.708. The van der Waals surface area contributed by atoms with Crippen LogP contribution in [-0.4, -0.2) is 25.7 Å².